The van der Waals surface area contributed by atoms with Gasteiger partial charge in [-0.3, -0.25) is 4.79 Å². The van der Waals surface area contributed by atoms with E-state index in [-0.39, 0.29) is 11.3 Å². The molecule has 4 heteroatoms. The molecule has 0 bridgehead atoms. The van der Waals surface area contributed by atoms with Gasteiger partial charge >= 0.3 is 0 Å². The minimum Gasteiger partial charge on any atom is -0.324 e. The van der Waals surface area contributed by atoms with Crippen LogP contribution in [0, 0.1) is 12.3 Å². The van der Waals surface area contributed by atoms with Crippen LogP contribution in [-0.4, -0.2) is 19.0 Å². The second-order valence-corrected chi connectivity index (χ2v) is 5.35. The molecule has 1 heterocycles. The Balaban J connectivity index is 2.21. The second kappa shape index (κ2) is 5.29. The Hall–Kier alpha value is -1.06. The summed E-state index contributed by atoms with van der Waals surface area (Å²) in [6, 6.07) is 5.64. The summed E-state index contributed by atoms with van der Waals surface area (Å²) in [4.78, 5) is 12.5. The van der Waals surface area contributed by atoms with Gasteiger partial charge in [0.05, 0.1) is 16.1 Å². The van der Waals surface area contributed by atoms with Crippen LogP contribution in [0.2, 0.25) is 5.02 Å². The highest BCUT2D eigenvalue weighted by atomic mass is 35.5. The summed E-state index contributed by atoms with van der Waals surface area (Å²) in [7, 11) is 0. The highest BCUT2D eigenvalue weighted by molar-refractivity contribution is 6.34. The van der Waals surface area contributed by atoms with Crippen molar-refractivity contribution < 1.29 is 4.79 Å². The maximum atomic E-state index is 12.5. The zero-order valence-corrected chi connectivity index (χ0v) is 11.6. The van der Waals surface area contributed by atoms with Gasteiger partial charge in [0.2, 0.25) is 5.91 Å². The summed E-state index contributed by atoms with van der Waals surface area (Å²) < 4.78 is 0. The van der Waals surface area contributed by atoms with E-state index in [0.717, 1.165) is 37.2 Å². The van der Waals surface area contributed by atoms with Crippen LogP contribution >= 0.6 is 11.6 Å². The smallest absolute Gasteiger partial charge is 0.231 e. The van der Waals surface area contributed by atoms with Gasteiger partial charge in [-0.15, -0.1) is 0 Å². The lowest BCUT2D eigenvalue weighted by Gasteiger charge is -2.26. The molecule has 1 amide bonds. The number of nitrogens with one attached hydrogen (secondary N) is 2. The largest absolute Gasteiger partial charge is 0.324 e. The van der Waals surface area contributed by atoms with Gasteiger partial charge in [-0.1, -0.05) is 30.7 Å². The Morgan fingerprint density at radius 2 is 2.33 bits per heavy atom. The molecule has 1 atom stereocenters. The van der Waals surface area contributed by atoms with E-state index in [1.54, 1.807) is 6.07 Å². The van der Waals surface area contributed by atoms with Gasteiger partial charge in [0, 0.05) is 6.54 Å². The highest BCUT2D eigenvalue weighted by Gasteiger charge is 2.39. The maximum absolute atomic E-state index is 12.5. The summed E-state index contributed by atoms with van der Waals surface area (Å²) >= 11 is 6.14. The minimum absolute atomic E-state index is 0.0752. The first kappa shape index (κ1) is 13.4. The number of rotatable bonds is 3. The van der Waals surface area contributed by atoms with E-state index in [2.05, 4.69) is 17.6 Å². The lowest BCUT2D eigenvalue weighted by molar-refractivity contribution is -0.124. The lowest BCUT2D eigenvalue weighted by atomic mass is 9.83. The van der Waals surface area contributed by atoms with Gasteiger partial charge in [0.15, 0.2) is 0 Å². The van der Waals surface area contributed by atoms with Crippen molar-refractivity contribution in [2.24, 2.45) is 5.41 Å². The van der Waals surface area contributed by atoms with Gasteiger partial charge < -0.3 is 10.6 Å². The fraction of sp³-hybridized carbons (Fsp3) is 0.500. The van der Waals surface area contributed by atoms with E-state index in [1.807, 2.05) is 19.1 Å². The van der Waals surface area contributed by atoms with E-state index < -0.39 is 0 Å². The van der Waals surface area contributed by atoms with E-state index in [9.17, 15) is 4.79 Å². The first-order valence-corrected chi connectivity index (χ1v) is 6.74. The fourth-order valence-electron chi connectivity index (χ4n) is 2.44. The summed E-state index contributed by atoms with van der Waals surface area (Å²) in [5, 5.41) is 6.87. The normalized spacial score (nSPS) is 23.1. The van der Waals surface area contributed by atoms with Crippen LogP contribution < -0.4 is 10.6 Å². The number of amides is 1. The van der Waals surface area contributed by atoms with Crippen LogP contribution in [-0.2, 0) is 4.79 Å². The monoisotopic (exact) mass is 266 g/mol. The molecule has 98 valence electrons. The summed E-state index contributed by atoms with van der Waals surface area (Å²) in [6.07, 6.45) is 1.73. The number of halogens is 1. The molecule has 2 rings (SSSR count). The lowest BCUT2D eigenvalue weighted by Crippen LogP contribution is -2.37. The van der Waals surface area contributed by atoms with Crippen molar-refractivity contribution in [3.63, 3.8) is 0 Å². The second-order valence-electron chi connectivity index (χ2n) is 4.95. The van der Waals surface area contributed by atoms with Crippen LogP contribution in [0.4, 0.5) is 5.69 Å². The molecule has 0 spiro atoms. The molecule has 1 aromatic rings. The standard InChI is InChI=1S/C14H19ClN2O/c1-3-14(7-8-16-9-14)13(18)17-12-10(2)5-4-6-11(12)15/h4-6,16H,3,7-9H2,1-2H3,(H,17,18). The van der Waals surface area contributed by atoms with Crippen LogP contribution in [0.15, 0.2) is 18.2 Å². The van der Waals surface area contributed by atoms with Crippen LogP contribution in [0.25, 0.3) is 0 Å². The molecule has 1 aromatic carbocycles. The molecule has 1 aliphatic heterocycles. The Morgan fingerprint density at radius 1 is 1.56 bits per heavy atom. The maximum Gasteiger partial charge on any atom is 0.231 e. The third-order valence-electron chi connectivity index (χ3n) is 3.86. The average Bonchev–Trinajstić information content (AvgIpc) is 2.84. The molecule has 18 heavy (non-hydrogen) atoms. The number of hydrogen-bond acceptors (Lipinski definition) is 2. The first-order chi connectivity index (χ1) is 8.59. The van der Waals surface area contributed by atoms with Gasteiger partial charge in [0.1, 0.15) is 0 Å². The number of carbonyl (C=O) groups is 1. The van der Waals surface area contributed by atoms with Gasteiger partial charge in [-0.25, -0.2) is 0 Å². The zero-order valence-electron chi connectivity index (χ0n) is 10.8. The molecule has 1 saturated heterocycles. The van der Waals surface area contributed by atoms with Gasteiger partial charge in [0.25, 0.3) is 0 Å². The minimum atomic E-state index is -0.286. The zero-order chi connectivity index (χ0) is 13.2. The van der Waals surface area contributed by atoms with E-state index in [4.69, 9.17) is 11.6 Å². The topological polar surface area (TPSA) is 41.1 Å². The summed E-state index contributed by atoms with van der Waals surface area (Å²) in [6.45, 7) is 5.67. The highest BCUT2D eigenvalue weighted by Crippen LogP contribution is 2.33. The van der Waals surface area contributed by atoms with E-state index in [1.165, 1.54) is 0 Å². The van der Waals surface area contributed by atoms with Crippen LogP contribution in [0.3, 0.4) is 0 Å². The quantitative estimate of drug-likeness (QED) is 0.883. The number of aryl methyl sites for hydroxylation is 1. The number of para-hydroxylation sites is 1. The molecule has 0 saturated carbocycles. The van der Waals surface area contributed by atoms with Crippen molar-refractivity contribution in [3.8, 4) is 0 Å². The third kappa shape index (κ3) is 2.38. The number of benzene rings is 1. The number of anilines is 1. The Bertz CT molecular complexity index is 433. The van der Waals surface area contributed by atoms with Crippen molar-refractivity contribution >= 4 is 23.2 Å². The molecule has 1 fully saturated rings. The third-order valence-corrected chi connectivity index (χ3v) is 4.18. The number of carbonyl (C=O) groups excluding carboxylic acids is 1. The van der Waals surface area contributed by atoms with Crippen molar-refractivity contribution in [2.75, 3.05) is 18.4 Å². The molecule has 3 nitrogen and oxygen atoms in total. The molecular formula is C14H19ClN2O. The molecule has 2 N–H and O–H groups in total. The average molecular weight is 267 g/mol. The van der Waals surface area contributed by atoms with Crippen molar-refractivity contribution in [1.29, 1.82) is 0 Å². The van der Waals surface area contributed by atoms with E-state index in [0.29, 0.717) is 5.02 Å². The molecule has 0 radical (unpaired) electrons. The molecule has 1 aliphatic rings. The van der Waals surface area contributed by atoms with Crippen LogP contribution in [0.5, 0.6) is 0 Å². The van der Waals surface area contributed by atoms with Gasteiger partial charge in [-0.05, 0) is 37.9 Å². The Morgan fingerprint density at radius 3 is 2.89 bits per heavy atom. The number of hydrogen-bond donors (Lipinski definition) is 2. The predicted octanol–water partition coefficient (Wildman–Crippen LogP) is 2.98. The molecule has 1 unspecified atom stereocenters. The Kier molecular flexibility index (Phi) is 3.93. The first-order valence-electron chi connectivity index (χ1n) is 6.36. The molecule has 0 aromatic heterocycles. The summed E-state index contributed by atoms with van der Waals surface area (Å²) in [5.41, 5.74) is 1.45. The van der Waals surface area contributed by atoms with E-state index >= 15 is 0 Å². The van der Waals surface area contributed by atoms with Gasteiger partial charge in [-0.2, -0.15) is 0 Å². The SMILES string of the molecule is CCC1(C(=O)Nc2c(C)cccc2Cl)CCNC1. The summed E-state index contributed by atoms with van der Waals surface area (Å²) in [5.74, 6) is 0.0752. The van der Waals surface area contributed by atoms with Crippen molar-refractivity contribution in [3.05, 3.63) is 28.8 Å². The molecular weight excluding hydrogens is 248 g/mol. The van der Waals surface area contributed by atoms with Crippen molar-refractivity contribution in [2.45, 2.75) is 26.7 Å². The molecule has 0 aliphatic carbocycles. The predicted molar refractivity (Wildman–Crippen MR) is 75.0 cm³/mol. The Labute approximate surface area is 113 Å². The van der Waals surface area contributed by atoms with Crippen molar-refractivity contribution in [1.82, 2.24) is 5.32 Å². The fourth-order valence-corrected chi connectivity index (χ4v) is 2.71. The van der Waals surface area contributed by atoms with Crippen LogP contribution in [0.1, 0.15) is 25.3 Å².